The van der Waals surface area contributed by atoms with Crippen LogP contribution in [0.15, 0.2) is 18.2 Å². The fourth-order valence-corrected chi connectivity index (χ4v) is 1.42. The highest BCUT2D eigenvalue weighted by atomic mass is 35.5. The highest BCUT2D eigenvalue weighted by Crippen LogP contribution is 2.26. The van der Waals surface area contributed by atoms with Crippen molar-refractivity contribution in [1.82, 2.24) is 0 Å². The molecule has 0 atom stereocenters. The van der Waals surface area contributed by atoms with Crippen LogP contribution in [0.4, 0.5) is 0 Å². The van der Waals surface area contributed by atoms with E-state index in [1.807, 2.05) is 0 Å². The number of carbonyl (C=O) groups is 1. The molecule has 0 heterocycles. The van der Waals surface area contributed by atoms with E-state index in [0.29, 0.717) is 16.3 Å². The maximum Gasteiger partial charge on any atom is 0.193 e. The number of ketones is 1. The van der Waals surface area contributed by atoms with Gasteiger partial charge in [0.15, 0.2) is 5.78 Å². The molecule has 0 unspecified atom stereocenters. The van der Waals surface area contributed by atoms with Crippen molar-refractivity contribution in [2.45, 2.75) is 19.4 Å². The summed E-state index contributed by atoms with van der Waals surface area (Å²) < 4.78 is 4.96. The van der Waals surface area contributed by atoms with Crippen LogP contribution in [0, 0.1) is 0 Å². The van der Waals surface area contributed by atoms with Gasteiger partial charge in [-0.2, -0.15) is 0 Å². The summed E-state index contributed by atoms with van der Waals surface area (Å²) >= 11 is 5.86. The first-order valence-electron chi connectivity index (χ1n) is 4.47. The van der Waals surface area contributed by atoms with Crippen molar-refractivity contribution >= 4 is 17.4 Å². The normalized spacial score (nSPS) is 11.3. The zero-order chi connectivity index (χ0) is 11.6. The van der Waals surface area contributed by atoms with Gasteiger partial charge in [-0.05, 0) is 32.0 Å². The summed E-state index contributed by atoms with van der Waals surface area (Å²) in [5.74, 6) is 0.135. The molecule has 1 N–H and O–H groups in total. The van der Waals surface area contributed by atoms with Gasteiger partial charge in [0.1, 0.15) is 11.4 Å². The van der Waals surface area contributed by atoms with E-state index in [1.54, 1.807) is 12.1 Å². The molecule has 3 nitrogen and oxygen atoms in total. The first-order chi connectivity index (χ1) is 6.86. The Morgan fingerprint density at radius 2 is 2.07 bits per heavy atom. The molecule has 15 heavy (non-hydrogen) atoms. The van der Waals surface area contributed by atoms with Crippen LogP contribution in [0.1, 0.15) is 24.2 Å². The van der Waals surface area contributed by atoms with Crippen LogP contribution in [0.3, 0.4) is 0 Å². The lowest BCUT2D eigenvalue weighted by Gasteiger charge is -2.15. The number of methoxy groups -OCH3 is 1. The molecule has 0 fully saturated rings. The van der Waals surface area contributed by atoms with E-state index < -0.39 is 5.60 Å². The summed E-state index contributed by atoms with van der Waals surface area (Å²) in [6.45, 7) is 2.88. The quantitative estimate of drug-likeness (QED) is 0.808. The van der Waals surface area contributed by atoms with Crippen molar-refractivity contribution in [2.75, 3.05) is 7.11 Å². The molecule has 0 aliphatic rings. The number of aliphatic hydroxyl groups is 1. The SMILES string of the molecule is COc1ccc(C(=O)C(C)(C)O)cc1Cl. The molecular weight excluding hydrogens is 216 g/mol. The first-order valence-corrected chi connectivity index (χ1v) is 4.85. The van der Waals surface area contributed by atoms with Gasteiger partial charge in [0.2, 0.25) is 0 Å². The van der Waals surface area contributed by atoms with Gasteiger partial charge in [0.05, 0.1) is 12.1 Å². The van der Waals surface area contributed by atoms with Crippen molar-refractivity contribution in [3.05, 3.63) is 28.8 Å². The van der Waals surface area contributed by atoms with E-state index in [0.717, 1.165) is 0 Å². The fraction of sp³-hybridized carbons (Fsp3) is 0.364. The van der Waals surface area contributed by atoms with Gasteiger partial charge in [-0.3, -0.25) is 4.79 Å². The van der Waals surface area contributed by atoms with Gasteiger partial charge in [0, 0.05) is 5.56 Å². The Morgan fingerprint density at radius 1 is 1.47 bits per heavy atom. The molecule has 1 aromatic carbocycles. The van der Waals surface area contributed by atoms with Crippen molar-refractivity contribution in [3.8, 4) is 5.75 Å². The number of hydrogen-bond acceptors (Lipinski definition) is 3. The Kier molecular flexibility index (Phi) is 3.37. The van der Waals surface area contributed by atoms with Gasteiger partial charge in [-0.1, -0.05) is 11.6 Å². The van der Waals surface area contributed by atoms with Gasteiger partial charge in [0.25, 0.3) is 0 Å². The van der Waals surface area contributed by atoms with Crippen molar-refractivity contribution in [1.29, 1.82) is 0 Å². The maximum atomic E-state index is 11.7. The van der Waals surface area contributed by atoms with Crippen LogP contribution in [0.25, 0.3) is 0 Å². The summed E-state index contributed by atoms with van der Waals surface area (Å²) in [4.78, 5) is 11.7. The molecule has 0 aliphatic heterocycles. The molecule has 0 aliphatic carbocycles. The average molecular weight is 229 g/mol. The smallest absolute Gasteiger partial charge is 0.193 e. The Hall–Kier alpha value is -1.06. The lowest BCUT2D eigenvalue weighted by molar-refractivity contribution is 0.0488. The van der Waals surface area contributed by atoms with Crippen LogP contribution in [-0.4, -0.2) is 23.6 Å². The highest BCUT2D eigenvalue weighted by molar-refractivity contribution is 6.32. The van der Waals surface area contributed by atoms with Crippen LogP contribution in [0.2, 0.25) is 5.02 Å². The first kappa shape index (κ1) is 12.0. The second-order valence-corrected chi connectivity index (χ2v) is 4.14. The molecule has 0 saturated carbocycles. The van der Waals surface area contributed by atoms with Crippen LogP contribution in [0.5, 0.6) is 5.75 Å². The predicted octanol–water partition coefficient (Wildman–Crippen LogP) is 2.30. The van der Waals surface area contributed by atoms with E-state index >= 15 is 0 Å². The summed E-state index contributed by atoms with van der Waals surface area (Å²) in [6, 6.07) is 4.66. The zero-order valence-corrected chi connectivity index (χ0v) is 9.63. The van der Waals surface area contributed by atoms with Crippen LogP contribution < -0.4 is 4.74 Å². The van der Waals surface area contributed by atoms with E-state index in [1.165, 1.54) is 27.0 Å². The third kappa shape index (κ3) is 2.70. The molecule has 0 bridgehead atoms. The maximum absolute atomic E-state index is 11.7. The number of hydrogen-bond donors (Lipinski definition) is 1. The summed E-state index contributed by atoms with van der Waals surface area (Å²) in [5.41, 5.74) is -1.02. The summed E-state index contributed by atoms with van der Waals surface area (Å²) in [6.07, 6.45) is 0. The van der Waals surface area contributed by atoms with Gasteiger partial charge in [-0.15, -0.1) is 0 Å². The second kappa shape index (κ2) is 4.21. The lowest BCUT2D eigenvalue weighted by atomic mass is 9.97. The minimum Gasteiger partial charge on any atom is -0.495 e. The van der Waals surface area contributed by atoms with Crippen molar-refractivity contribution < 1.29 is 14.6 Å². The van der Waals surface area contributed by atoms with E-state index in [2.05, 4.69) is 0 Å². The molecule has 82 valence electrons. The standard InChI is InChI=1S/C11H13ClO3/c1-11(2,14)10(13)7-4-5-9(15-3)8(12)6-7/h4-6,14H,1-3H3. The summed E-state index contributed by atoms with van der Waals surface area (Å²) in [7, 11) is 1.50. The molecule has 0 radical (unpaired) electrons. The minimum absolute atomic E-state index is 0.354. The number of benzene rings is 1. The minimum atomic E-state index is -1.39. The third-order valence-electron chi connectivity index (χ3n) is 1.97. The van der Waals surface area contributed by atoms with E-state index in [9.17, 15) is 9.90 Å². The van der Waals surface area contributed by atoms with Gasteiger partial charge in [-0.25, -0.2) is 0 Å². The molecular formula is C11H13ClO3. The predicted molar refractivity (Wildman–Crippen MR) is 58.6 cm³/mol. The molecule has 1 aromatic rings. The van der Waals surface area contributed by atoms with Crippen molar-refractivity contribution in [3.63, 3.8) is 0 Å². The molecule has 0 spiro atoms. The average Bonchev–Trinajstić information content (AvgIpc) is 2.15. The molecule has 0 saturated heterocycles. The number of ether oxygens (including phenoxy) is 1. The Labute approximate surface area is 93.6 Å². The molecule has 0 amide bonds. The lowest BCUT2D eigenvalue weighted by Crippen LogP contribution is -2.31. The van der Waals surface area contributed by atoms with Crippen LogP contribution in [-0.2, 0) is 0 Å². The number of rotatable bonds is 3. The zero-order valence-electron chi connectivity index (χ0n) is 8.87. The molecule has 4 heteroatoms. The molecule has 1 rings (SSSR count). The van der Waals surface area contributed by atoms with E-state index in [4.69, 9.17) is 16.3 Å². The fourth-order valence-electron chi connectivity index (χ4n) is 1.16. The number of Topliss-reactive ketones (excluding diaryl/α,β-unsaturated/α-hetero) is 1. The topological polar surface area (TPSA) is 46.5 Å². The second-order valence-electron chi connectivity index (χ2n) is 3.74. The Bertz CT molecular complexity index is 380. The molecule has 0 aromatic heterocycles. The van der Waals surface area contributed by atoms with Gasteiger partial charge >= 0.3 is 0 Å². The van der Waals surface area contributed by atoms with Gasteiger partial charge < -0.3 is 9.84 Å². The third-order valence-corrected chi connectivity index (χ3v) is 2.27. The van der Waals surface area contributed by atoms with Crippen LogP contribution >= 0.6 is 11.6 Å². The number of halogens is 1. The monoisotopic (exact) mass is 228 g/mol. The van der Waals surface area contributed by atoms with Crippen molar-refractivity contribution in [2.24, 2.45) is 0 Å². The largest absolute Gasteiger partial charge is 0.495 e. The Morgan fingerprint density at radius 3 is 2.47 bits per heavy atom. The Balaban J connectivity index is 3.08. The highest BCUT2D eigenvalue weighted by Gasteiger charge is 2.25. The summed E-state index contributed by atoms with van der Waals surface area (Å²) in [5, 5.41) is 9.89. The number of carbonyl (C=O) groups excluding carboxylic acids is 1. The van der Waals surface area contributed by atoms with E-state index in [-0.39, 0.29) is 5.78 Å².